The van der Waals surface area contributed by atoms with Crippen LogP contribution in [0.1, 0.15) is 0 Å². The molecular formula is C6H3ClIN3. The van der Waals surface area contributed by atoms with Gasteiger partial charge in [-0.15, -0.1) is 0 Å². The van der Waals surface area contributed by atoms with E-state index < -0.39 is 0 Å². The normalized spacial score (nSPS) is 10.7. The molecule has 0 bridgehead atoms. The third-order valence-corrected chi connectivity index (χ3v) is 2.34. The summed E-state index contributed by atoms with van der Waals surface area (Å²) in [6.07, 6.45) is 3.54. The van der Waals surface area contributed by atoms with Crippen LogP contribution in [-0.4, -0.2) is 15.0 Å². The summed E-state index contributed by atoms with van der Waals surface area (Å²) in [5, 5.41) is 0.287. The van der Waals surface area contributed by atoms with E-state index in [4.69, 9.17) is 11.6 Å². The lowest BCUT2D eigenvalue weighted by Gasteiger charge is -1.88. The van der Waals surface area contributed by atoms with Gasteiger partial charge in [0.25, 0.3) is 0 Å². The zero-order chi connectivity index (χ0) is 7.84. The second-order valence-corrected chi connectivity index (χ2v) is 3.54. The van der Waals surface area contributed by atoms with Crippen LogP contribution in [0.5, 0.6) is 0 Å². The van der Waals surface area contributed by atoms with E-state index in [9.17, 15) is 0 Å². The Kier molecular flexibility index (Phi) is 1.72. The average Bonchev–Trinajstić information content (AvgIpc) is 2.33. The molecule has 2 heterocycles. The SMILES string of the molecule is Clc1ncc2[nH]cc(I)c2n1. The maximum atomic E-state index is 5.61. The number of hydrogen-bond acceptors (Lipinski definition) is 2. The second-order valence-electron chi connectivity index (χ2n) is 2.04. The van der Waals surface area contributed by atoms with Gasteiger partial charge in [0.2, 0.25) is 5.28 Å². The fourth-order valence-corrected chi connectivity index (χ4v) is 1.56. The van der Waals surface area contributed by atoms with E-state index >= 15 is 0 Å². The molecule has 56 valence electrons. The van der Waals surface area contributed by atoms with E-state index in [1.807, 2.05) is 6.20 Å². The maximum absolute atomic E-state index is 5.61. The first-order chi connectivity index (χ1) is 5.27. The van der Waals surface area contributed by atoms with Gasteiger partial charge in [-0.1, -0.05) is 0 Å². The van der Waals surface area contributed by atoms with Gasteiger partial charge in [0.15, 0.2) is 0 Å². The molecule has 0 aliphatic carbocycles. The van der Waals surface area contributed by atoms with Crippen LogP contribution >= 0.6 is 34.2 Å². The minimum absolute atomic E-state index is 0.287. The Morgan fingerprint density at radius 3 is 3.18 bits per heavy atom. The van der Waals surface area contributed by atoms with Gasteiger partial charge in [0.05, 0.1) is 15.3 Å². The molecule has 3 nitrogen and oxygen atoms in total. The Labute approximate surface area is 81.3 Å². The first kappa shape index (κ1) is 7.30. The van der Waals surface area contributed by atoms with Crippen LogP contribution in [-0.2, 0) is 0 Å². The smallest absolute Gasteiger partial charge is 0.223 e. The Morgan fingerprint density at radius 2 is 2.36 bits per heavy atom. The molecule has 0 aromatic carbocycles. The highest BCUT2D eigenvalue weighted by Crippen LogP contribution is 2.17. The van der Waals surface area contributed by atoms with Crippen molar-refractivity contribution in [2.24, 2.45) is 0 Å². The van der Waals surface area contributed by atoms with Crippen LogP contribution in [0.15, 0.2) is 12.4 Å². The predicted molar refractivity (Wildman–Crippen MR) is 51.6 cm³/mol. The Morgan fingerprint density at radius 1 is 1.55 bits per heavy atom. The lowest BCUT2D eigenvalue weighted by molar-refractivity contribution is 1.22. The van der Waals surface area contributed by atoms with Crippen LogP contribution in [0.3, 0.4) is 0 Å². The Hall–Kier alpha value is -0.360. The highest BCUT2D eigenvalue weighted by atomic mass is 127. The second kappa shape index (κ2) is 2.60. The standard InChI is InChI=1S/C6H3ClIN3/c7-6-10-2-4-5(11-6)3(8)1-9-4/h1-2,9H. The van der Waals surface area contributed by atoms with Crippen molar-refractivity contribution in [1.29, 1.82) is 0 Å². The number of halogens is 2. The molecule has 11 heavy (non-hydrogen) atoms. The van der Waals surface area contributed by atoms with Gasteiger partial charge < -0.3 is 4.98 Å². The summed E-state index contributed by atoms with van der Waals surface area (Å²) in [7, 11) is 0. The number of aromatic nitrogens is 3. The third kappa shape index (κ3) is 1.20. The van der Waals surface area contributed by atoms with E-state index in [1.54, 1.807) is 6.20 Å². The van der Waals surface area contributed by atoms with E-state index in [1.165, 1.54) is 0 Å². The van der Waals surface area contributed by atoms with Crippen molar-refractivity contribution in [2.75, 3.05) is 0 Å². The zero-order valence-electron chi connectivity index (χ0n) is 5.31. The maximum Gasteiger partial charge on any atom is 0.223 e. The first-order valence-electron chi connectivity index (χ1n) is 2.92. The van der Waals surface area contributed by atoms with Gasteiger partial charge >= 0.3 is 0 Å². The summed E-state index contributed by atoms with van der Waals surface area (Å²) < 4.78 is 1.06. The van der Waals surface area contributed by atoms with E-state index in [0.29, 0.717) is 0 Å². The number of rotatable bonds is 0. The van der Waals surface area contributed by atoms with Gasteiger partial charge in [-0.2, -0.15) is 0 Å². The van der Waals surface area contributed by atoms with E-state index in [0.717, 1.165) is 14.6 Å². The highest BCUT2D eigenvalue weighted by Gasteiger charge is 2.02. The quantitative estimate of drug-likeness (QED) is 0.593. The summed E-state index contributed by atoms with van der Waals surface area (Å²) in [4.78, 5) is 10.9. The molecule has 0 fully saturated rings. The molecule has 1 N–H and O–H groups in total. The van der Waals surface area contributed by atoms with Crippen molar-refractivity contribution < 1.29 is 0 Å². The van der Waals surface area contributed by atoms with Crippen LogP contribution in [0.25, 0.3) is 11.0 Å². The molecule has 5 heteroatoms. The van der Waals surface area contributed by atoms with Crippen LogP contribution in [0.4, 0.5) is 0 Å². The van der Waals surface area contributed by atoms with Gasteiger partial charge in [0.1, 0.15) is 5.52 Å². The number of aromatic amines is 1. The average molecular weight is 279 g/mol. The number of nitrogens with one attached hydrogen (secondary N) is 1. The molecule has 0 atom stereocenters. The zero-order valence-corrected chi connectivity index (χ0v) is 8.22. The monoisotopic (exact) mass is 279 g/mol. The Balaban J connectivity index is 2.87. The van der Waals surface area contributed by atoms with E-state index in [-0.39, 0.29) is 5.28 Å². The lowest BCUT2D eigenvalue weighted by Crippen LogP contribution is -1.81. The summed E-state index contributed by atoms with van der Waals surface area (Å²) in [5.74, 6) is 0. The molecule has 0 amide bonds. The number of fused-ring (bicyclic) bond motifs is 1. The highest BCUT2D eigenvalue weighted by molar-refractivity contribution is 14.1. The van der Waals surface area contributed by atoms with Crippen LogP contribution < -0.4 is 0 Å². The predicted octanol–water partition coefficient (Wildman–Crippen LogP) is 2.22. The number of H-pyrrole nitrogens is 1. The lowest BCUT2D eigenvalue weighted by atomic mass is 10.5. The molecule has 0 spiro atoms. The summed E-state index contributed by atoms with van der Waals surface area (Å²) in [6, 6.07) is 0. The van der Waals surface area contributed by atoms with Crippen molar-refractivity contribution in [3.05, 3.63) is 21.2 Å². The summed E-state index contributed by atoms with van der Waals surface area (Å²) in [5.41, 5.74) is 1.80. The minimum Gasteiger partial charge on any atom is -0.358 e. The van der Waals surface area contributed by atoms with Crippen LogP contribution in [0, 0.1) is 3.57 Å². The summed E-state index contributed by atoms with van der Waals surface area (Å²) in [6.45, 7) is 0. The van der Waals surface area contributed by atoms with E-state index in [2.05, 4.69) is 37.5 Å². The molecular weight excluding hydrogens is 276 g/mol. The Bertz CT molecular complexity index is 398. The van der Waals surface area contributed by atoms with Crippen LogP contribution in [0.2, 0.25) is 5.28 Å². The molecule has 0 aliphatic heterocycles. The molecule has 0 unspecified atom stereocenters. The number of hydrogen-bond donors (Lipinski definition) is 1. The fourth-order valence-electron chi connectivity index (χ4n) is 0.857. The molecule has 2 aromatic rings. The first-order valence-corrected chi connectivity index (χ1v) is 4.38. The molecule has 0 radical (unpaired) electrons. The van der Waals surface area contributed by atoms with Gasteiger partial charge in [-0.05, 0) is 34.2 Å². The number of nitrogens with zero attached hydrogens (tertiary/aromatic N) is 2. The van der Waals surface area contributed by atoms with Crippen molar-refractivity contribution in [3.8, 4) is 0 Å². The van der Waals surface area contributed by atoms with Gasteiger partial charge in [-0.3, -0.25) is 0 Å². The molecule has 2 rings (SSSR count). The van der Waals surface area contributed by atoms with Crippen molar-refractivity contribution in [2.45, 2.75) is 0 Å². The summed E-state index contributed by atoms with van der Waals surface area (Å²) >= 11 is 7.80. The molecule has 2 aromatic heterocycles. The topological polar surface area (TPSA) is 41.6 Å². The molecule has 0 saturated carbocycles. The fraction of sp³-hybridized carbons (Fsp3) is 0. The minimum atomic E-state index is 0.287. The van der Waals surface area contributed by atoms with Crippen molar-refractivity contribution in [1.82, 2.24) is 15.0 Å². The molecule has 0 saturated heterocycles. The third-order valence-electron chi connectivity index (χ3n) is 1.34. The largest absolute Gasteiger partial charge is 0.358 e. The van der Waals surface area contributed by atoms with Gasteiger partial charge in [0, 0.05) is 6.20 Å². The van der Waals surface area contributed by atoms with Crippen molar-refractivity contribution in [3.63, 3.8) is 0 Å². The van der Waals surface area contributed by atoms with Crippen molar-refractivity contribution >= 4 is 45.2 Å². The molecule has 0 aliphatic rings. The van der Waals surface area contributed by atoms with Gasteiger partial charge in [-0.25, -0.2) is 9.97 Å².